The van der Waals surface area contributed by atoms with Crippen molar-refractivity contribution in [1.29, 1.82) is 0 Å². The van der Waals surface area contributed by atoms with Crippen LogP contribution in [0.4, 0.5) is 5.69 Å². The van der Waals surface area contributed by atoms with E-state index >= 15 is 0 Å². The van der Waals surface area contributed by atoms with Crippen LogP contribution in [-0.4, -0.2) is 17.1 Å². The minimum atomic E-state index is -0.468. The molecule has 0 aliphatic carbocycles. The number of nitrogens with zero attached hydrogens (tertiary/aromatic N) is 1. The van der Waals surface area contributed by atoms with Crippen LogP contribution in [0.5, 0.6) is 11.5 Å². The molecule has 0 radical (unpaired) electrons. The SMILES string of the molecule is COc1cccc(C(=S)Oc2ccc([N+](=O)[O-])cc2)c1. The molecule has 0 saturated carbocycles. The van der Waals surface area contributed by atoms with Crippen molar-refractivity contribution in [3.8, 4) is 11.5 Å². The van der Waals surface area contributed by atoms with E-state index in [4.69, 9.17) is 21.7 Å². The van der Waals surface area contributed by atoms with Crippen molar-refractivity contribution < 1.29 is 14.4 Å². The summed E-state index contributed by atoms with van der Waals surface area (Å²) in [6.07, 6.45) is 0. The summed E-state index contributed by atoms with van der Waals surface area (Å²) < 4.78 is 10.6. The van der Waals surface area contributed by atoms with Gasteiger partial charge in [0.1, 0.15) is 11.5 Å². The summed E-state index contributed by atoms with van der Waals surface area (Å²) in [6, 6.07) is 12.9. The molecule has 20 heavy (non-hydrogen) atoms. The second-order valence-electron chi connectivity index (χ2n) is 3.87. The van der Waals surface area contributed by atoms with E-state index in [2.05, 4.69) is 0 Å². The number of non-ortho nitro benzene ring substituents is 1. The first-order chi connectivity index (χ1) is 9.60. The predicted molar refractivity (Wildman–Crippen MR) is 78.4 cm³/mol. The fraction of sp³-hybridized carbons (Fsp3) is 0.0714. The Hall–Kier alpha value is -2.47. The van der Waals surface area contributed by atoms with Crippen molar-refractivity contribution in [1.82, 2.24) is 0 Å². The van der Waals surface area contributed by atoms with Crippen molar-refractivity contribution >= 4 is 23.0 Å². The number of thiocarbonyl (C=S) groups is 1. The Bertz CT molecular complexity index is 640. The van der Waals surface area contributed by atoms with Gasteiger partial charge in [0.2, 0.25) is 0 Å². The van der Waals surface area contributed by atoms with E-state index < -0.39 is 4.92 Å². The van der Waals surface area contributed by atoms with Crippen LogP contribution in [0.15, 0.2) is 48.5 Å². The van der Waals surface area contributed by atoms with Gasteiger partial charge in [-0.2, -0.15) is 0 Å². The Balaban J connectivity index is 2.12. The molecule has 2 rings (SSSR count). The van der Waals surface area contributed by atoms with Crippen LogP contribution in [0.2, 0.25) is 0 Å². The molecule has 0 atom stereocenters. The standard InChI is InChI=1S/C14H11NO4S/c1-18-13-4-2-3-10(9-13)14(20)19-12-7-5-11(6-8-12)15(16)17/h2-9H,1H3. The van der Waals surface area contributed by atoms with Gasteiger partial charge in [0.25, 0.3) is 5.69 Å². The number of ether oxygens (including phenoxy) is 2. The summed E-state index contributed by atoms with van der Waals surface area (Å²) in [4.78, 5) is 10.1. The Labute approximate surface area is 120 Å². The average Bonchev–Trinajstić information content (AvgIpc) is 2.47. The summed E-state index contributed by atoms with van der Waals surface area (Å²) in [5, 5.41) is 10.8. The van der Waals surface area contributed by atoms with E-state index in [0.717, 1.165) is 0 Å². The highest BCUT2D eigenvalue weighted by molar-refractivity contribution is 7.80. The summed E-state index contributed by atoms with van der Waals surface area (Å²) >= 11 is 5.18. The van der Waals surface area contributed by atoms with Gasteiger partial charge >= 0.3 is 0 Å². The maximum Gasteiger partial charge on any atom is 0.269 e. The summed E-state index contributed by atoms with van der Waals surface area (Å²) in [5.74, 6) is 1.13. The van der Waals surface area contributed by atoms with Crippen molar-refractivity contribution in [2.24, 2.45) is 0 Å². The molecule has 0 heterocycles. The largest absolute Gasteiger partial charge is 0.497 e. The first-order valence-corrected chi connectivity index (χ1v) is 6.11. The molecule has 0 amide bonds. The molecule has 0 saturated heterocycles. The van der Waals surface area contributed by atoms with E-state index in [1.165, 1.54) is 24.3 Å². The molecule has 0 aromatic heterocycles. The average molecular weight is 289 g/mol. The maximum absolute atomic E-state index is 10.6. The molecule has 0 fully saturated rings. The highest BCUT2D eigenvalue weighted by Gasteiger charge is 2.08. The number of nitro groups is 1. The summed E-state index contributed by atoms with van der Waals surface area (Å²) in [5.41, 5.74) is 0.711. The smallest absolute Gasteiger partial charge is 0.269 e. The molecule has 0 unspecified atom stereocenters. The lowest BCUT2D eigenvalue weighted by molar-refractivity contribution is -0.384. The normalized spacial score (nSPS) is 9.85. The van der Waals surface area contributed by atoms with E-state index in [9.17, 15) is 10.1 Å². The van der Waals surface area contributed by atoms with Crippen LogP contribution in [0.1, 0.15) is 5.56 Å². The Morgan fingerprint density at radius 1 is 1.15 bits per heavy atom. The molecule has 102 valence electrons. The number of rotatable bonds is 4. The molecule has 0 spiro atoms. The first-order valence-electron chi connectivity index (χ1n) is 5.71. The van der Waals surface area contributed by atoms with Crippen LogP contribution in [0.3, 0.4) is 0 Å². The fourth-order valence-corrected chi connectivity index (χ4v) is 1.78. The van der Waals surface area contributed by atoms with E-state index in [1.54, 1.807) is 31.4 Å². The number of hydrogen-bond acceptors (Lipinski definition) is 5. The molecular formula is C14H11NO4S. The number of hydrogen-bond donors (Lipinski definition) is 0. The minimum absolute atomic E-state index is 0.00430. The zero-order valence-electron chi connectivity index (χ0n) is 10.6. The van der Waals surface area contributed by atoms with Gasteiger partial charge in [0.05, 0.1) is 12.0 Å². The van der Waals surface area contributed by atoms with Crippen molar-refractivity contribution in [3.05, 3.63) is 64.2 Å². The number of nitro benzene ring substituents is 1. The van der Waals surface area contributed by atoms with E-state index in [-0.39, 0.29) is 10.7 Å². The molecule has 0 aliphatic rings. The van der Waals surface area contributed by atoms with Crippen molar-refractivity contribution in [2.45, 2.75) is 0 Å². The maximum atomic E-state index is 10.6. The van der Waals surface area contributed by atoms with Crippen LogP contribution >= 0.6 is 12.2 Å². The van der Waals surface area contributed by atoms with Gasteiger partial charge in [-0.05, 0) is 36.5 Å². The predicted octanol–water partition coefficient (Wildman–Crippen LogP) is 3.36. The van der Waals surface area contributed by atoms with Gasteiger partial charge in [-0.1, -0.05) is 12.1 Å². The monoisotopic (exact) mass is 289 g/mol. The minimum Gasteiger partial charge on any atom is -0.497 e. The lowest BCUT2D eigenvalue weighted by atomic mass is 10.2. The van der Waals surface area contributed by atoms with Gasteiger partial charge in [0.15, 0.2) is 5.05 Å². The van der Waals surface area contributed by atoms with E-state index in [0.29, 0.717) is 17.1 Å². The fourth-order valence-electron chi connectivity index (χ4n) is 1.55. The van der Waals surface area contributed by atoms with Gasteiger partial charge < -0.3 is 9.47 Å². The zero-order chi connectivity index (χ0) is 14.5. The second kappa shape index (κ2) is 6.12. The summed E-state index contributed by atoms with van der Waals surface area (Å²) in [6.45, 7) is 0. The lowest BCUT2D eigenvalue weighted by Crippen LogP contribution is -2.07. The van der Waals surface area contributed by atoms with Crippen LogP contribution in [-0.2, 0) is 0 Å². The third-order valence-corrected chi connectivity index (χ3v) is 2.88. The van der Waals surface area contributed by atoms with E-state index in [1.807, 2.05) is 0 Å². The molecule has 2 aromatic carbocycles. The zero-order valence-corrected chi connectivity index (χ0v) is 11.4. The Morgan fingerprint density at radius 2 is 1.85 bits per heavy atom. The molecule has 5 nitrogen and oxygen atoms in total. The van der Waals surface area contributed by atoms with Crippen LogP contribution in [0, 0.1) is 10.1 Å². The highest BCUT2D eigenvalue weighted by Crippen LogP contribution is 2.20. The van der Waals surface area contributed by atoms with Gasteiger partial charge in [0, 0.05) is 17.7 Å². The number of benzene rings is 2. The molecule has 2 aromatic rings. The van der Waals surface area contributed by atoms with Gasteiger partial charge in [-0.3, -0.25) is 10.1 Å². The Morgan fingerprint density at radius 3 is 2.45 bits per heavy atom. The molecular weight excluding hydrogens is 278 g/mol. The second-order valence-corrected chi connectivity index (χ2v) is 4.24. The molecule has 6 heteroatoms. The Kier molecular flexibility index (Phi) is 4.27. The quantitative estimate of drug-likeness (QED) is 0.490. The topological polar surface area (TPSA) is 61.6 Å². The molecule has 0 N–H and O–H groups in total. The molecule has 0 bridgehead atoms. The molecule has 0 aliphatic heterocycles. The van der Waals surface area contributed by atoms with Gasteiger partial charge in [-0.25, -0.2) is 0 Å². The third-order valence-electron chi connectivity index (χ3n) is 2.56. The first kappa shape index (κ1) is 14.0. The van der Waals surface area contributed by atoms with Crippen LogP contribution < -0.4 is 9.47 Å². The third kappa shape index (κ3) is 3.30. The number of methoxy groups -OCH3 is 1. The van der Waals surface area contributed by atoms with Crippen LogP contribution in [0.25, 0.3) is 0 Å². The van der Waals surface area contributed by atoms with Crippen molar-refractivity contribution in [3.63, 3.8) is 0 Å². The summed E-state index contributed by atoms with van der Waals surface area (Å²) in [7, 11) is 1.57. The lowest BCUT2D eigenvalue weighted by Gasteiger charge is -2.08. The van der Waals surface area contributed by atoms with Gasteiger partial charge in [-0.15, -0.1) is 0 Å². The highest BCUT2D eigenvalue weighted by atomic mass is 32.1. The van der Waals surface area contributed by atoms with Crippen molar-refractivity contribution in [2.75, 3.05) is 7.11 Å².